The van der Waals surface area contributed by atoms with Gasteiger partial charge in [0.25, 0.3) is 0 Å². The number of nitrogens with two attached hydrogens (primary N) is 1. The molecule has 0 unspecified atom stereocenters. The third kappa shape index (κ3) is 3.31. The highest BCUT2D eigenvalue weighted by atomic mass is 19.1. The van der Waals surface area contributed by atoms with Gasteiger partial charge in [-0.1, -0.05) is 30.3 Å². The number of likely N-dealkylation sites (N-methyl/N-ethyl adjacent to an activating group) is 1. The van der Waals surface area contributed by atoms with E-state index < -0.39 is 5.82 Å². The molecule has 0 radical (unpaired) electrons. The molecule has 1 saturated heterocycles. The first-order valence-corrected chi connectivity index (χ1v) is 10.5. The fraction of sp³-hybridized carbons (Fsp3) is 0.200. The van der Waals surface area contributed by atoms with E-state index in [1.807, 2.05) is 6.07 Å². The Hall–Kier alpha value is -3.71. The van der Waals surface area contributed by atoms with Crippen LogP contribution in [-0.4, -0.2) is 49.7 Å². The average Bonchev–Trinajstić information content (AvgIpc) is 2.79. The maximum atomic E-state index is 13.8. The molecule has 3 aromatic rings. The number of hydrogen-bond donors (Lipinski definition) is 2. The van der Waals surface area contributed by atoms with Crippen molar-refractivity contribution in [1.82, 2.24) is 4.90 Å². The van der Waals surface area contributed by atoms with Gasteiger partial charge in [-0.15, -0.1) is 0 Å². The minimum Gasteiger partial charge on any atom is -0.396 e. The standard InChI is InChI=1S/C25H23FN4O2/c1-29-9-11-30(12-10-29)20-14-19(28-16-6-4-5-15(26)13-16)21-22(23(20)27)25(32)18-8-3-2-7-17(18)24(21)31/h2-8,13-14,28H,9-12,27H2,1H3. The maximum absolute atomic E-state index is 13.8. The molecule has 0 bridgehead atoms. The zero-order valence-corrected chi connectivity index (χ0v) is 17.7. The number of fused-ring (bicyclic) bond motifs is 2. The van der Waals surface area contributed by atoms with Crippen LogP contribution in [0.4, 0.5) is 27.1 Å². The Morgan fingerprint density at radius 2 is 1.53 bits per heavy atom. The number of hydrogen-bond acceptors (Lipinski definition) is 6. The molecule has 1 fully saturated rings. The van der Waals surface area contributed by atoms with E-state index in [-0.39, 0.29) is 22.7 Å². The highest BCUT2D eigenvalue weighted by Gasteiger charge is 2.35. The van der Waals surface area contributed by atoms with E-state index in [0.717, 1.165) is 26.2 Å². The van der Waals surface area contributed by atoms with Gasteiger partial charge in [-0.3, -0.25) is 9.59 Å². The lowest BCUT2D eigenvalue weighted by Gasteiger charge is -2.36. The second-order valence-corrected chi connectivity index (χ2v) is 8.24. The molecule has 6 nitrogen and oxygen atoms in total. The van der Waals surface area contributed by atoms with E-state index >= 15 is 0 Å². The summed E-state index contributed by atoms with van der Waals surface area (Å²) in [5.41, 5.74) is 9.63. The van der Waals surface area contributed by atoms with Gasteiger partial charge in [-0.2, -0.15) is 0 Å². The molecule has 7 heteroatoms. The van der Waals surface area contributed by atoms with Crippen molar-refractivity contribution < 1.29 is 14.0 Å². The number of benzene rings is 3. The molecule has 3 N–H and O–H groups in total. The topological polar surface area (TPSA) is 78.7 Å². The van der Waals surface area contributed by atoms with Crippen molar-refractivity contribution in [2.24, 2.45) is 0 Å². The molecule has 0 atom stereocenters. The Balaban J connectivity index is 1.70. The molecule has 2 aliphatic rings. The summed E-state index contributed by atoms with van der Waals surface area (Å²) in [7, 11) is 2.06. The normalized spacial score (nSPS) is 16.0. The molecule has 1 aliphatic heterocycles. The second kappa shape index (κ2) is 7.76. The first-order chi connectivity index (χ1) is 15.4. The van der Waals surface area contributed by atoms with Crippen molar-refractivity contribution in [2.45, 2.75) is 0 Å². The molecular formula is C25H23FN4O2. The number of rotatable bonds is 3. The fourth-order valence-electron chi connectivity index (χ4n) is 4.43. The van der Waals surface area contributed by atoms with Crippen molar-refractivity contribution in [3.8, 4) is 0 Å². The highest BCUT2D eigenvalue weighted by molar-refractivity contribution is 6.32. The molecule has 32 heavy (non-hydrogen) atoms. The molecule has 3 aromatic carbocycles. The maximum Gasteiger partial charge on any atom is 0.196 e. The van der Waals surface area contributed by atoms with Gasteiger partial charge in [0.15, 0.2) is 11.6 Å². The molecule has 1 heterocycles. The molecule has 0 saturated carbocycles. The summed E-state index contributed by atoms with van der Waals surface area (Å²) >= 11 is 0. The van der Waals surface area contributed by atoms with E-state index in [1.54, 1.807) is 36.4 Å². The fourth-order valence-corrected chi connectivity index (χ4v) is 4.43. The Labute approximate surface area is 185 Å². The number of carbonyl (C=O) groups is 2. The van der Waals surface area contributed by atoms with Gasteiger partial charge in [0.2, 0.25) is 0 Å². The summed E-state index contributed by atoms with van der Waals surface area (Å²) in [5, 5.41) is 3.16. The van der Waals surface area contributed by atoms with E-state index in [1.165, 1.54) is 12.1 Å². The smallest absolute Gasteiger partial charge is 0.196 e. The van der Waals surface area contributed by atoms with Crippen LogP contribution in [0.1, 0.15) is 31.8 Å². The molecular weight excluding hydrogens is 407 g/mol. The van der Waals surface area contributed by atoms with Crippen molar-refractivity contribution in [1.29, 1.82) is 0 Å². The third-order valence-corrected chi connectivity index (χ3v) is 6.16. The van der Waals surface area contributed by atoms with Crippen molar-refractivity contribution in [2.75, 3.05) is 49.2 Å². The predicted octanol–water partition coefficient (Wildman–Crippen LogP) is 3.68. The third-order valence-electron chi connectivity index (χ3n) is 6.16. The number of anilines is 4. The van der Waals surface area contributed by atoms with Crippen LogP contribution >= 0.6 is 0 Å². The molecule has 0 aromatic heterocycles. The summed E-state index contributed by atoms with van der Waals surface area (Å²) in [6, 6.07) is 14.6. The Kier molecular flexibility index (Phi) is 4.90. The van der Waals surface area contributed by atoms with Gasteiger partial charge in [0, 0.05) is 43.0 Å². The molecule has 1 aliphatic carbocycles. The quantitative estimate of drug-likeness (QED) is 0.483. The summed E-state index contributed by atoms with van der Waals surface area (Å²) in [5.74, 6) is -0.942. The summed E-state index contributed by atoms with van der Waals surface area (Å²) < 4.78 is 13.8. The average molecular weight is 430 g/mol. The molecule has 5 rings (SSSR count). The first kappa shape index (κ1) is 20.2. The van der Waals surface area contributed by atoms with E-state index in [2.05, 4.69) is 22.2 Å². The van der Waals surface area contributed by atoms with Gasteiger partial charge >= 0.3 is 0 Å². The number of halogens is 1. The number of nitrogen functional groups attached to an aromatic ring is 1. The van der Waals surface area contributed by atoms with Crippen molar-refractivity contribution in [3.05, 3.63) is 82.7 Å². The minimum absolute atomic E-state index is 0.212. The number of carbonyl (C=O) groups excluding carboxylic acids is 2. The van der Waals surface area contributed by atoms with Crippen LogP contribution in [0.25, 0.3) is 0 Å². The van der Waals surface area contributed by atoms with Crippen LogP contribution in [0, 0.1) is 5.82 Å². The Bertz CT molecular complexity index is 1250. The lowest BCUT2D eigenvalue weighted by Crippen LogP contribution is -2.45. The SMILES string of the molecule is CN1CCN(c2cc(Nc3cccc(F)c3)c3c(c2N)C(=O)c2ccccc2C3=O)CC1. The van der Waals surface area contributed by atoms with Gasteiger partial charge in [0.1, 0.15) is 5.82 Å². The zero-order valence-electron chi connectivity index (χ0n) is 17.7. The number of nitrogens with one attached hydrogen (secondary N) is 1. The number of ketones is 2. The van der Waals surface area contributed by atoms with Crippen LogP contribution in [-0.2, 0) is 0 Å². The number of piperazine rings is 1. The minimum atomic E-state index is -0.397. The van der Waals surface area contributed by atoms with Crippen molar-refractivity contribution >= 4 is 34.3 Å². The van der Waals surface area contributed by atoms with E-state index in [0.29, 0.717) is 33.9 Å². The highest BCUT2D eigenvalue weighted by Crippen LogP contribution is 2.42. The van der Waals surface area contributed by atoms with Crippen LogP contribution < -0.4 is 16.0 Å². The monoisotopic (exact) mass is 430 g/mol. The number of nitrogens with zero attached hydrogens (tertiary/aromatic N) is 2. The van der Waals surface area contributed by atoms with Crippen LogP contribution in [0.5, 0.6) is 0 Å². The first-order valence-electron chi connectivity index (χ1n) is 10.5. The summed E-state index contributed by atoms with van der Waals surface area (Å²) in [4.78, 5) is 31.3. The molecule has 162 valence electrons. The largest absolute Gasteiger partial charge is 0.396 e. The van der Waals surface area contributed by atoms with Crippen molar-refractivity contribution in [3.63, 3.8) is 0 Å². The predicted molar refractivity (Wildman–Crippen MR) is 124 cm³/mol. The van der Waals surface area contributed by atoms with Gasteiger partial charge < -0.3 is 20.9 Å². The van der Waals surface area contributed by atoms with Crippen LogP contribution in [0.15, 0.2) is 54.6 Å². The van der Waals surface area contributed by atoms with Crippen LogP contribution in [0.2, 0.25) is 0 Å². The molecule has 0 spiro atoms. The summed E-state index contributed by atoms with van der Waals surface area (Å²) in [6.07, 6.45) is 0. The summed E-state index contributed by atoms with van der Waals surface area (Å²) in [6.45, 7) is 3.22. The van der Waals surface area contributed by atoms with Gasteiger partial charge in [-0.05, 0) is 31.3 Å². The van der Waals surface area contributed by atoms with Crippen LogP contribution in [0.3, 0.4) is 0 Å². The Morgan fingerprint density at radius 1 is 0.875 bits per heavy atom. The molecule has 0 amide bonds. The van der Waals surface area contributed by atoms with Gasteiger partial charge in [0.05, 0.1) is 28.2 Å². The van der Waals surface area contributed by atoms with Gasteiger partial charge in [-0.25, -0.2) is 4.39 Å². The lowest BCUT2D eigenvalue weighted by atomic mass is 9.81. The Morgan fingerprint density at radius 3 is 2.19 bits per heavy atom. The lowest BCUT2D eigenvalue weighted by molar-refractivity contribution is 0.0980. The van der Waals surface area contributed by atoms with E-state index in [9.17, 15) is 14.0 Å². The van der Waals surface area contributed by atoms with E-state index in [4.69, 9.17) is 5.73 Å². The second-order valence-electron chi connectivity index (χ2n) is 8.24. The zero-order chi connectivity index (χ0) is 22.4.